The minimum Gasteiger partial charge on any atom is -0.423 e. The normalized spacial score (nSPS) is 10.9. The maximum Gasteiger partial charge on any atom is 0.336 e. The fraction of sp³-hybridized carbons (Fsp3) is 0.0400. The molecule has 0 spiro atoms. The molecule has 0 saturated carbocycles. The van der Waals surface area contributed by atoms with Gasteiger partial charge in [-0.1, -0.05) is 66.7 Å². The molecule has 1 amide bonds. The van der Waals surface area contributed by atoms with E-state index in [1.807, 2.05) is 67.6 Å². The van der Waals surface area contributed by atoms with E-state index in [0.29, 0.717) is 11.4 Å². The predicted octanol–water partition coefficient (Wildman–Crippen LogP) is 5.27. The number of amides is 1. The van der Waals surface area contributed by atoms with Gasteiger partial charge in [-0.25, -0.2) is 4.79 Å². The van der Waals surface area contributed by atoms with E-state index < -0.39 is 5.97 Å². The Hall–Kier alpha value is -3.92. The highest BCUT2D eigenvalue weighted by molar-refractivity contribution is 6.02. The van der Waals surface area contributed by atoms with Crippen LogP contribution in [0.5, 0.6) is 5.75 Å². The molecule has 0 aliphatic carbocycles. The summed E-state index contributed by atoms with van der Waals surface area (Å²) in [4.78, 5) is 24.3. The highest BCUT2D eigenvalue weighted by atomic mass is 16.5. The molecule has 0 aliphatic heterocycles. The maximum absolute atomic E-state index is 12.1. The molecule has 144 valence electrons. The molecule has 1 N–H and O–H groups in total. The SMILES string of the molecule is Cc1ccc(NC(=O)/C=C/c2ccccc2)cc1OC(=O)/C=C/c1ccccc1. The lowest BCUT2D eigenvalue weighted by Gasteiger charge is -2.09. The Balaban J connectivity index is 1.63. The van der Waals surface area contributed by atoms with Gasteiger partial charge in [0.25, 0.3) is 0 Å². The summed E-state index contributed by atoms with van der Waals surface area (Å²) in [7, 11) is 0. The second kappa shape index (κ2) is 9.85. The van der Waals surface area contributed by atoms with Crippen LogP contribution in [-0.2, 0) is 9.59 Å². The Bertz CT molecular complexity index is 1040. The number of rotatable bonds is 6. The molecule has 0 atom stereocenters. The van der Waals surface area contributed by atoms with Crippen LogP contribution in [0.15, 0.2) is 91.0 Å². The Kier molecular flexibility index (Phi) is 6.74. The molecule has 3 aromatic rings. The van der Waals surface area contributed by atoms with Gasteiger partial charge >= 0.3 is 5.97 Å². The smallest absolute Gasteiger partial charge is 0.336 e. The monoisotopic (exact) mass is 383 g/mol. The number of benzene rings is 3. The van der Waals surface area contributed by atoms with Gasteiger partial charge in [0.05, 0.1) is 0 Å². The van der Waals surface area contributed by atoms with E-state index in [0.717, 1.165) is 16.7 Å². The number of aryl methyl sites for hydroxylation is 1. The highest BCUT2D eigenvalue weighted by Gasteiger charge is 2.07. The largest absolute Gasteiger partial charge is 0.423 e. The standard InChI is InChI=1S/C25H21NO3/c1-19-12-15-22(26-24(27)16-13-20-8-4-2-5-9-20)18-23(19)29-25(28)17-14-21-10-6-3-7-11-21/h2-18H,1H3,(H,26,27)/b16-13+,17-14+. The third kappa shape index (κ3) is 6.33. The summed E-state index contributed by atoms with van der Waals surface area (Å²) in [6.07, 6.45) is 6.27. The van der Waals surface area contributed by atoms with Crippen molar-refractivity contribution in [1.29, 1.82) is 0 Å². The van der Waals surface area contributed by atoms with Gasteiger partial charge in [-0.05, 0) is 41.8 Å². The summed E-state index contributed by atoms with van der Waals surface area (Å²) in [6, 6.07) is 24.2. The fourth-order valence-corrected chi connectivity index (χ4v) is 2.58. The molecule has 4 nitrogen and oxygen atoms in total. The van der Waals surface area contributed by atoms with Crippen LogP contribution < -0.4 is 10.1 Å². The van der Waals surface area contributed by atoms with Crippen molar-refractivity contribution < 1.29 is 14.3 Å². The van der Waals surface area contributed by atoms with Crippen molar-refractivity contribution in [2.45, 2.75) is 6.92 Å². The predicted molar refractivity (Wildman–Crippen MR) is 116 cm³/mol. The molecule has 0 saturated heterocycles. The average molecular weight is 383 g/mol. The first-order valence-electron chi connectivity index (χ1n) is 9.20. The Labute approximate surface area is 170 Å². The van der Waals surface area contributed by atoms with Gasteiger partial charge in [0.15, 0.2) is 0 Å². The Morgan fingerprint density at radius 1 is 0.793 bits per heavy atom. The van der Waals surface area contributed by atoms with Crippen molar-refractivity contribution >= 4 is 29.7 Å². The molecule has 0 unspecified atom stereocenters. The van der Waals surface area contributed by atoms with Crippen LogP contribution >= 0.6 is 0 Å². The molecule has 0 aromatic heterocycles. The van der Waals surface area contributed by atoms with Crippen molar-refractivity contribution in [3.05, 3.63) is 108 Å². The molecular weight excluding hydrogens is 362 g/mol. The third-order valence-corrected chi connectivity index (χ3v) is 4.10. The van der Waals surface area contributed by atoms with Gasteiger partial charge in [0, 0.05) is 23.9 Å². The zero-order valence-corrected chi connectivity index (χ0v) is 16.0. The van der Waals surface area contributed by atoms with Gasteiger partial charge in [-0.3, -0.25) is 4.79 Å². The second-order valence-electron chi connectivity index (χ2n) is 6.38. The van der Waals surface area contributed by atoms with Crippen molar-refractivity contribution in [1.82, 2.24) is 0 Å². The summed E-state index contributed by atoms with van der Waals surface area (Å²) in [6.45, 7) is 1.84. The van der Waals surface area contributed by atoms with Crippen molar-refractivity contribution in [3.8, 4) is 5.75 Å². The third-order valence-electron chi connectivity index (χ3n) is 4.10. The molecule has 0 fully saturated rings. The number of nitrogens with one attached hydrogen (secondary N) is 1. The Morgan fingerprint density at radius 3 is 2.00 bits per heavy atom. The topological polar surface area (TPSA) is 55.4 Å². The lowest BCUT2D eigenvalue weighted by Crippen LogP contribution is -2.09. The lowest BCUT2D eigenvalue weighted by atomic mass is 10.2. The first kappa shape index (κ1) is 19.8. The average Bonchev–Trinajstić information content (AvgIpc) is 2.75. The van der Waals surface area contributed by atoms with E-state index in [1.165, 1.54) is 12.2 Å². The maximum atomic E-state index is 12.1. The van der Waals surface area contributed by atoms with E-state index >= 15 is 0 Å². The van der Waals surface area contributed by atoms with Crippen LogP contribution in [0.25, 0.3) is 12.2 Å². The quantitative estimate of drug-likeness (QED) is 0.359. The van der Waals surface area contributed by atoms with Gasteiger partial charge < -0.3 is 10.1 Å². The minimum absolute atomic E-state index is 0.265. The molecule has 3 aromatic carbocycles. The van der Waals surface area contributed by atoms with Crippen LogP contribution in [0, 0.1) is 6.92 Å². The number of anilines is 1. The van der Waals surface area contributed by atoms with E-state index in [9.17, 15) is 9.59 Å². The van der Waals surface area contributed by atoms with Gasteiger partial charge in [-0.15, -0.1) is 0 Å². The van der Waals surface area contributed by atoms with Crippen LogP contribution in [0.4, 0.5) is 5.69 Å². The van der Waals surface area contributed by atoms with Crippen LogP contribution in [0.3, 0.4) is 0 Å². The number of hydrogen-bond acceptors (Lipinski definition) is 3. The molecular formula is C25H21NO3. The molecule has 0 bridgehead atoms. The van der Waals surface area contributed by atoms with Crippen LogP contribution in [-0.4, -0.2) is 11.9 Å². The lowest BCUT2D eigenvalue weighted by molar-refractivity contribution is -0.128. The number of ether oxygens (including phenoxy) is 1. The van der Waals surface area contributed by atoms with Gasteiger partial charge in [0.1, 0.15) is 5.75 Å². The number of carbonyl (C=O) groups is 2. The van der Waals surface area contributed by atoms with Crippen molar-refractivity contribution in [2.75, 3.05) is 5.32 Å². The van der Waals surface area contributed by atoms with E-state index in [-0.39, 0.29) is 5.91 Å². The first-order chi connectivity index (χ1) is 14.1. The van der Waals surface area contributed by atoms with Crippen molar-refractivity contribution in [2.24, 2.45) is 0 Å². The zero-order chi connectivity index (χ0) is 20.5. The van der Waals surface area contributed by atoms with E-state index in [2.05, 4.69) is 5.32 Å². The molecule has 3 rings (SSSR count). The Morgan fingerprint density at radius 2 is 1.38 bits per heavy atom. The molecule has 0 radical (unpaired) electrons. The van der Waals surface area contributed by atoms with E-state index in [4.69, 9.17) is 4.74 Å². The van der Waals surface area contributed by atoms with E-state index in [1.54, 1.807) is 30.4 Å². The van der Waals surface area contributed by atoms with Crippen LogP contribution in [0.1, 0.15) is 16.7 Å². The summed E-state index contributed by atoms with van der Waals surface area (Å²) >= 11 is 0. The molecule has 29 heavy (non-hydrogen) atoms. The van der Waals surface area contributed by atoms with Gasteiger partial charge in [-0.2, -0.15) is 0 Å². The number of carbonyl (C=O) groups excluding carboxylic acids is 2. The molecule has 0 aliphatic rings. The summed E-state index contributed by atoms with van der Waals surface area (Å²) in [5, 5.41) is 2.78. The molecule has 4 heteroatoms. The van der Waals surface area contributed by atoms with Crippen molar-refractivity contribution in [3.63, 3.8) is 0 Å². The summed E-state index contributed by atoms with van der Waals surface area (Å²) in [5.41, 5.74) is 3.19. The summed E-state index contributed by atoms with van der Waals surface area (Å²) in [5.74, 6) is -0.346. The minimum atomic E-state index is -0.482. The highest BCUT2D eigenvalue weighted by Crippen LogP contribution is 2.23. The zero-order valence-electron chi connectivity index (χ0n) is 16.0. The molecule has 0 heterocycles. The summed E-state index contributed by atoms with van der Waals surface area (Å²) < 4.78 is 5.42. The number of hydrogen-bond donors (Lipinski definition) is 1. The van der Waals surface area contributed by atoms with Crippen LogP contribution in [0.2, 0.25) is 0 Å². The fourth-order valence-electron chi connectivity index (χ4n) is 2.58. The number of esters is 1. The first-order valence-corrected chi connectivity index (χ1v) is 9.20. The second-order valence-corrected chi connectivity index (χ2v) is 6.38. The van der Waals surface area contributed by atoms with Gasteiger partial charge in [0.2, 0.25) is 5.91 Å².